The second-order valence-corrected chi connectivity index (χ2v) is 4.14. The molecular weight excluding hydrogens is 224 g/mol. The summed E-state index contributed by atoms with van der Waals surface area (Å²) in [5, 5.41) is 6.47. The fraction of sp³-hybridized carbons (Fsp3) is 0.400. The second-order valence-electron chi connectivity index (χ2n) is 4.14. The van der Waals surface area contributed by atoms with Crippen molar-refractivity contribution in [2.45, 2.75) is 26.7 Å². The van der Waals surface area contributed by atoms with Gasteiger partial charge >= 0.3 is 0 Å². The molecule has 0 aliphatic heterocycles. The van der Waals surface area contributed by atoms with Crippen molar-refractivity contribution in [3.8, 4) is 0 Å². The van der Waals surface area contributed by atoms with Crippen molar-refractivity contribution in [1.82, 2.24) is 10.6 Å². The first-order valence-electron chi connectivity index (χ1n) is 6.56. The normalized spacial score (nSPS) is 9.67. The molecule has 1 rings (SSSR count). The summed E-state index contributed by atoms with van der Waals surface area (Å²) in [7, 11) is 0. The summed E-state index contributed by atoms with van der Waals surface area (Å²) in [6.45, 7) is 5.93. The van der Waals surface area contributed by atoms with Crippen LogP contribution in [0.25, 0.3) is 0 Å². The predicted octanol–water partition coefficient (Wildman–Crippen LogP) is 2.71. The molecule has 0 spiro atoms. The summed E-state index contributed by atoms with van der Waals surface area (Å²) in [6.07, 6.45) is 3.70. The molecule has 3 heteroatoms. The lowest BCUT2D eigenvalue weighted by Crippen LogP contribution is -2.28. The highest BCUT2D eigenvalue weighted by atomic mass is 16.1. The molecule has 0 aliphatic carbocycles. The molecule has 0 atom stereocenters. The van der Waals surface area contributed by atoms with Gasteiger partial charge in [-0.3, -0.25) is 4.79 Å². The standard InChI is InChI=1S/C15H22N2O/c1-3-10-16-15(17-11-4-2)12-14(18)13-8-6-5-7-9-13/h5-9,12,16-17H,3-4,10-11H2,1-2H3. The van der Waals surface area contributed by atoms with Gasteiger partial charge in [-0.15, -0.1) is 0 Å². The Hall–Kier alpha value is -1.77. The monoisotopic (exact) mass is 246 g/mol. The van der Waals surface area contributed by atoms with E-state index in [4.69, 9.17) is 0 Å². The highest BCUT2D eigenvalue weighted by Gasteiger charge is 2.03. The van der Waals surface area contributed by atoms with Crippen molar-refractivity contribution in [2.24, 2.45) is 0 Å². The van der Waals surface area contributed by atoms with Gasteiger partial charge in [0.05, 0.1) is 0 Å². The smallest absolute Gasteiger partial charge is 0.189 e. The van der Waals surface area contributed by atoms with Crippen LogP contribution in [-0.2, 0) is 0 Å². The highest BCUT2D eigenvalue weighted by Crippen LogP contribution is 2.02. The van der Waals surface area contributed by atoms with Crippen LogP contribution in [0, 0.1) is 0 Å². The zero-order valence-corrected chi connectivity index (χ0v) is 11.2. The summed E-state index contributed by atoms with van der Waals surface area (Å²) in [6, 6.07) is 9.32. The van der Waals surface area contributed by atoms with Gasteiger partial charge < -0.3 is 10.6 Å². The lowest BCUT2D eigenvalue weighted by Gasteiger charge is -2.12. The molecule has 1 aromatic carbocycles. The third-order valence-corrected chi connectivity index (χ3v) is 2.46. The topological polar surface area (TPSA) is 41.1 Å². The molecule has 0 aromatic heterocycles. The number of carbonyl (C=O) groups is 1. The molecule has 98 valence electrons. The minimum Gasteiger partial charge on any atom is -0.372 e. The Morgan fingerprint density at radius 1 is 1.06 bits per heavy atom. The Kier molecular flexibility index (Phi) is 6.62. The van der Waals surface area contributed by atoms with Gasteiger partial charge in [0, 0.05) is 24.7 Å². The fourth-order valence-electron chi connectivity index (χ4n) is 1.50. The minimum atomic E-state index is 0.0257. The maximum atomic E-state index is 12.0. The zero-order valence-electron chi connectivity index (χ0n) is 11.2. The van der Waals surface area contributed by atoms with Crippen LogP contribution >= 0.6 is 0 Å². The molecule has 0 saturated carbocycles. The molecule has 0 amide bonds. The largest absolute Gasteiger partial charge is 0.372 e. The van der Waals surface area contributed by atoms with Crippen LogP contribution in [-0.4, -0.2) is 18.9 Å². The van der Waals surface area contributed by atoms with Gasteiger partial charge in [0.1, 0.15) is 5.82 Å². The predicted molar refractivity (Wildman–Crippen MR) is 75.4 cm³/mol. The Labute approximate surface area is 109 Å². The average Bonchev–Trinajstić information content (AvgIpc) is 2.42. The SMILES string of the molecule is CCCNC(=CC(=O)c1ccccc1)NCCC. The molecule has 0 bridgehead atoms. The van der Waals surface area contributed by atoms with Gasteiger partial charge in [-0.2, -0.15) is 0 Å². The third kappa shape index (κ3) is 5.04. The maximum Gasteiger partial charge on any atom is 0.189 e. The summed E-state index contributed by atoms with van der Waals surface area (Å²) in [5.41, 5.74) is 0.714. The summed E-state index contributed by atoms with van der Waals surface area (Å²) in [5.74, 6) is 0.838. The second kappa shape index (κ2) is 8.34. The van der Waals surface area contributed by atoms with Crippen LogP contribution in [0.15, 0.2) is 42.2 Å². The van der Waals surface area contributed by atoms with Crippen LogP contribution in [0.4, 0.5) is 0 Å². The van der Waals surface area contributed by atoms with E-state index in [1.54, 1.807) is 6.08 Å². The van der Waals surface area contributed by atoms with Gasteiger partial charge in [0.2, 0.25) is 0 Å². The summed E-state index contributed by atoms with van der Waals surface area (Å²) in [4.78, 5) is 12.0. The number of ketones is 1. The number of benzene rings is 1. The van der Waals surface area contributed by atoms with Crippen LogP contribution in [0.1, 0.15) is 37.0 Å². The molecule has 0 aliphatic rings. The van der Waals surface area contributed by atoms with Crippen molar-refractivity contribution in [1.29, 1.82) is 0 Å². The van der Waals surface area contributed by atoms with Crippen LogP contribution in [0.2, 0.25) is 0 Å². The van der Waals surface area contributed by atoms with Crippen LogP contribution < -0.4 is 10.6 Å². The number of carbonyl (C=O) groups excluding carboxylic acids is 1. The van der Waals surface area contributed by atoms with Gasteiger partial charge in [0.25, 0.3) is 0 Å². The van der Waals surface area contributed by atoms with E-state index in [0.29, 0.717) is 5.56 Å². The first-order valence-corrected chi connectivity index (χ1v) is 6.56. The molecule has 0 radical (unpaired) electrons. The fourth-order valence-corrected chi connectivity index (χ4v) is 1.50. The van der Waals surface area contributed by atoms with E-state index in [2.05, 4.69) is 24.5 Å². The van der Waals surface area contributed by atoms with Crippen molar-refractivity contribution in [3.63, 3.8) is 0 Å². The third-order valence-electron chi connectivity index (χ3n) is 2.46. The Morgan fingerprint density at radius 2 is 1.61 bits per heavy atom. The van der Waals surface area contributed by atoms with E-state index < -0.39 is 0 Å². The van der Waals surface area contributed by atoms with Crippen LogP contribution in [0.3, 0.4) is 0 Å². The van der Waals surface area contributed by atoms with E-state index in [9.17, 15) is 4.79 Å². The number of hydrogen-bond donors (Lipinski definition) is 2. The number of rotatable bonds is 8. The van der Waals surface area contributed by atoms with Gasteiger partial charge in [-0.1, -0.05) is 44.2 Å². The Balaban J connectivity index is 2.70. The van der Waals surface area contributed by atoms with Gasteiger partial charge in [-0.05, 0) is 12.8 Å². The molecule has 3 nitrogen and oxygen atoms in total. The van der Waals surface area contributed by atoms with E-state index >= 15 is 0 Å². The summed E-state index contributed by atoms with van der Waals surface area (Å²) >= 11 is 0. The average molecular weight is 246 g/mol. The molecule has 2 N–H and O–H groups in total. The number of hydrogen-bond acceptors (Lipinski definition) is 3. The molecular formula is C15H22N2O. The molecule has 0 fully saturated rings. The minimum absolute atomic E-state index is 0.0257. The van der Waals surface area contributed by atoms with Crippen LogP contribution in [0.5, 0.6) is 0 Å². The van der Waals surface area contributed by atoms with Gasteiger partial charge in [0.15, 0.2) is 5.78 Å². The molecule has 1 aromatic rings. The molecule has 18 heavy (non-hydrogen) atoms. The quantitative estimate of drug-likeness (QED) is 0.547. The number of nitrogens with one attached hydrogen (secondary N) is 2. The van der Waals surface area contributed by atoms with Crippen molar-refractivity contribution >= 4 is 5.78 Å². The molecule has 0 heterocycles. The Bertz CT molecular complexity index is 375. The zero-order chi connectivity index (χ0) is 13.2. The highest BCUT2D eigenvalue weighted by molar-refractivity contribution is 6.04. The first-order chi connectivity index (χ1) is 8.77. The lowest BCUT2D eigenvalue weighted by molar-refractivity contribution is 0.104. The van der Waals surface area contributed by atoms with Gasteiger partial charge in [-0.25, -0.2) is 0 Å². The number of allylic oxidation sites excluding steroid dienone is 1. The Morgan fingerprint density at radius 3 is 2.11 bits per heavy atom. The van der Waals surface area contributed by atoms with Crippen molar-refractivity contribution < 1.29 is 4.79 Å². The summed E-state index contributed by atoms with van der Waals surface area (Å²) < 4.78 is 0. The maximum absolute atomic E-state index is 12.0. The van der Waals surface area contributed by atoms with E-state index in [1.165, 1.54) is 0 Å². The lowest BCUT2D eigenvalue weighted by atomic mass is 10.1. The van der Waals surface area contributed by atoms with Crippen molar-refractivity contribution in [3.05, 3.63) is 47.8 Å². The molecule has 0 saturated heterocycles. The first kappa shape index (κ1) is 14.3. The van der Waals surface area contributed by atoms with E-state index in [0.717, 1.165) is 31.8 Å². The van der Waals surface area contributed by atoms with E-state index in [-0.39, 0.29) is 5.78 Å². The van der Waals surface area contributed by atoms with Crippen molar-refractivity contribution in [2.75, 3.05) is 13.1 Å². The molecule has 0 unspecified atom stereocenters. The van der Waals surface area contributed by atoms with E-state index in [1.807, 2.05) is 30.3 Å².